The fourth-order valence-corrected chi connectivity index (χ4v) is 6.29. The molecule has 0 saturated carbocycles. The largest absolute Gasteiger partial charge is 0.513 e. The van der Waals surface area contributed by atoms with Crippen LogP contribution in [-0.4, -0.2) is 97.1 Å². The minimum Gasteiger partial charge on any atom is -0.453 e. The third-order valence-electron chi connectivity index (χ3n) is 8.96. The van der Waals surface area contributed by atoms with Crippen LogP contribution in [-0.2, 0) is 28.7 Å². The molecule has 2 aromatic rings. The molecule has 2 saturated heterocycles. The van der Waals surface area contributed by atoms with E-state index in [-0.39, 0.29) is 35.5 Å². The molecule has 4 atom stereocenters. The van der Waals surface area contributed by atoms with E-state index in [4.69, 9.17) is 4.74 Å². The molecule has 2 aliphatic heterocycles. The van der Waals surface area contributed by atoms with E-state index >= 15 is 0 Å². The second-order valence-electron chi connectivity index (χ2n) is 13.0. The molecule has 48 heavy (non-hydrogen) atoms. The zero-order chi connectivity index (χ0) is 35.1. The number of likely N-dealkylation sites (tertiary alicyclic amines) is 2. The molecule has 14 nitrogen and oxygen atoms in total. The lowest BCUT2D eigenvalue weighted by Gasteiger charge is -2.30. The first-order valence-electron chi connectivity index (χ1n) is 16.4. The van der Waals surface area contributed by atoms with Gasteiger partial charge in [-0.15, -0.1) is 0 Å². The van der Waals surface area contributed by atoms with Crippen LogP contribution in [0.15, 0.2) is 36.4 Å². The number of fused-ring (bicyclic) bond motifs is 1. The van der Waals surface area contributed by atoms with Crippen molar-refractivity contribution < 1.29 is 43.6 Å². The van der Waals surface area contributed by atoms with Crippen molar-refractivity contribution in [3.05, 3.63) is 36.4 Å². The van der Waals surface area contributed by atoms with E-state index in [1.807, 2.05) is 52.0 Å². The highest BCUT2D eigenvalue weighted by molar-refractivity contribution is 6.02. The van der Waals surface area contributed by atoms with Crippen LogP contribution in [0.2, 0.25) is 0 Å². The predicted octanol–water partition coefficient (Wildman–Crippen LogP) is 2.43. The van der Waals surface area contributed by atoms with Gasteiger partial charge in [0.2, 0.25) is 17.7 Å². The monoisotopic (exact) mass is 667 g/mol. The summed E-state index contributed by atoms with van der Waals surface area (Å²) in [6.45, 7) is 8.16. The average molecular weight is 668 g/mol. The summed E-state index contributed by atoms with van der Waals surface area (Å²) in [6.07, 6.45) is 1.07. The van der Waals surface area contributed by atoms with Crippen LogP contribution in [0.1, 0.15) is 53.4 Å². The van der Waals surface area contributed by atoms with Gasteiger partial charge in [-0.1, -0.05) is 39.8 Å². The Hall–Kier alpha value is -4.72. The number of benzene rings is 2. The van der Waals surface area contributed by atoms with Crippen molar-refractivity contribution in [3.63, 3.8) is 0 Å². The third kappa shape index (κ3) is 8.40. The van der Waals surface area contributed by atoms with Crippen molar-refractivity contribution in [2.24, 2.45) is 11.8 Å². The van der Waals surface area contributed by atoms with Crippen molar-refractivity contribution in [3.8, 4) is 0 Å². The molecule has 2 heterocycles. The second-order valence-corrected chi connectivity index (χ2v) is 13.0. The van der Waals surface area contributed by atoms with Gasteiger partial charge >= 0.3 is 12.2 Å². The van der Waals surface area contributed by atoms with Crippen LogP contribution < -0.4 is 21.3 Å². The number of hydrogen-bond donors (Lipinski definition) is 4. The molecular formula is C34H47N6O8+. The van der Waals surface area contributed by atoms with E-state index in [2.05, 4.69) is 20.7 Å². The van der Waals surface area contributed by atoms with Crippen molar-refractivity contribution >= 4 is 58.0 Å². The zero-order valence-electron chi connectivity index (χ0n) is 28.4. The molecule has 0 aromatic heterocycles. The summed E-state index contributed by atoms with van der Waals surface area (Å²) < 4.78 is 9.40. The number of nitrogens with two attached hydrogens (primary N) is 1. The Morgan fingerprint density at radius 2 is 1.23 bits per heavy atom. The average Bonchev–Trinajstić information content (AvgIpc) is 3.76. The van der Waals surface area contributed by atoms with Gasteiger partial charge in [0.15, 0.2) is 6.04 Å². The minimum atomic E-state index is -0.819. The minimum absolute atomic E-state index is 0.150. The maximum atomic E-state index is 13.4. The number of anilines is 2. The number of nitrogens with one attached hydrogen (secondary N) is 3. The molecule has 0 bridgehead atoms. The first kappa shape index (κ1) is 36.1. The fraction of sp³-hybridized carbons (Fsp3) is 0.529. The molecule has 6 amide bonds. The van der Waals surface area contributed by atoms with Crippen LogP contribution in [0.25, 0.3) is 10.8 Å². The van der Waals surface area contributed by atoms with Crippen LogP contribution in [0.4, 0.5) is 21.0 Å². The number of rotatable bonds is 10. The Balaban J connectivity index is 1.41. The summed E-state index contributed by atoms with van der Waals surface area (Å²) in [5.41, 5.74) is 1.12. The van der Waals surface area contributed by atoms with Gasteiger partial charge < -0.3 is 35.2 Å². The van der Waals surface area contributed by atoms with Crippen LogP contribution in [0, 0.1) is 11.8 Å². The molecule has 14 heteroatoms. The van der Waals surface area contributed by atoms with E-state index < -0.39 is 36.4 Å². The van der Waals surface area contributed by atoms with Gasteiger partial charge in [-0.3, -0.25) is 19.2 Å². The maximum Gasteiger partial charge on any atom is 0.513 e. The van der Waals surface area contributed by atoms with Gasteiger partial charge in [0.05, 0.1) is 14.2 Å². The summed E-state index contributed by atoms with van der Waals surface area (Å²) in [4.78, 5) is 80.2. The number of carbonyl (C=O) groups excluding carboxylic acids is 6. The van der Waals surface area contributed by atoms with Crippen molar-refractivity contribution in [2.75, 3.05) is 37.9 Å². The Labute approximate surface area is 280 Å². The number of methoxy groups -OCH3 is 2. The summed E-state index contributed by atoms with van der Waals surface area (Å²) >= 11 is 0. The number of alkyl carbamates (subject to hydrolysis) is 1. The molecule has 2 aromatic carbocycles. The number of amides is 6. The highest BCUT2D eigenvalue weighted by Gasteiger charge is 2.41. The first-order valence-corrected chi connectivity index (χ1v) is 16.4. The number of carbonyl (C=O) groups is 6. The molecule has 2 fully saturated rings. The van der Waals surface area contributed by atoms with E-state index in [0.29, 0.717) is 50.1 Å². The standard InChI is InChI=1S/C34H46N6O8/c1-19(2)27(37-33(45)47-5)31(43)39-15-7-9-25(39)29(41)35-23-13-11-22-18-24(14-12-21(22)17-23)36-30(42)26-10-8-16-40(26)32(44)28(20(3)4)38-34(46)48-6/h11-14,17-20,25-28H,7-10,15-16H2,1-6H3,(H,35,41)(H,36,42)(H,37,45)(H,38,46)/p+1/t25-,26-,27-,28-/m0/s1. The van der Waals surface area contributed by atoms with Gasteiger partial charge in [-0.25, -0.2) is 10.1 Å². The maximum absolute atomic E-state index is 13.4. The molecule has 0 aliphatic carbocycles. The highest BCUT2D eigenvalue weighted by atomic mass is 16.5. The topological polar surface area (TPSA) is 180 Å². The molecule has 0 unspecified atom stereocenters. The lowest BCUT2D eigenvalue weighted by atomic mass is 10.0. The third-order valence-corrected chi connectivity index (χ3v) is 8.96. The number of primary amides is 1. The summed E-state index contributed by atoms with van der Waals surface area (Å²) in [7, 11) is 2.49. The molecule has 0 radical (unpaired) electrons. The molecule has 5 N–H and O–H groups in total. The van der Waals surface area contributed by atoms with E-state index in [9.17, 15) is 28.8 Å². The van der Waals surface area contributed by atoms with Gasteiger partial charge in [-0.2, -0.15) is 4.79 Å². The normalized spacial score (nSPS) is 18.8. The van der Waals surface area contributed by atoms with Crippen molar-refractivity contribution in [2.45, 2.75) is 77.5 Å². The highest BCUT2D eigenvalue weighted by Crippen LogP contribution is 2.27. The van der Waals surface area contributed by atoms with Crippen molar-refractivity contribution in [1.29, 1.82) is 0 Å². The van der Waals surface area contributed by atoms with Crippen LogP contribution in [0.3, 0.4) is 0 Å². The summed E-state index contributed by atoms with van der Waals surface area (Å²) in [5.74, 6) is -1.58. The smallest absolute Gasteiger partial charge is 0.453 e. The predicted molar refractivity (Wildman–Crippen MR) is 178 cm³/mol. The lowest BCUT2D eigenvalue weighted by Crippen LogP contribution is -2.97. The van der Waals surface area contributed by atoms with E-state index in [1.54, 1.807) is 17.0 Å². The SMILES string of the molecule is COC(=O)N[C@H](C(=O)N1CCC[C@H]1C(=O)Nc1ccc2cc(NC(=O)[C@@H]3CCCN3C(=O)[C@@H]([NH2+]C(=O)OC)C(C)C)ccc2c1)C(C)C. The molecule has 0 spiro atoms. The van der Waals surface area contributed by atoms with Crippen LogP contribution >= 0.6 is 0 Å². The number of hydrogen-bond acceptors (Lipinski definition) is 8. The zero-order valence-corrected chi connectivity index (χ0v) is 28.4. The first-order chi connectivity index (χ1) is 22.8. The Morgan fingerprint density at radius 3 is 1.67 bits per heavy atom. The van der Waals surface area contributed by atoms with Crippen LogP contribution in [0.5, 0.6) is 0 Å². The second kappa shape index (κ2) is 15.9. The summed E-state index contributed by atoms with van der Waals surface area (Å²) in [5, 5.41) is 11.4. The molecule has 260 valence electrons. The van der Waals surface area contributed by atoms with Gasteiger partial charge in [0, 0.05) is 30.4 Å². The van der Waals surface area contributed by atoms with E-state index in [0.717, 1.165) is 10.8 Å². The summed E-state index contributed by atoms with van der Waals surface area (Å²) in [6, 6.07) is 7.95. The quantitative estimate of drug-likeness (QED) is 0.298. The lowest BCUT2D eigenvalue weighted by molar-refractivity contribution is -0.601. The van der Waals surface area contributed by atoms with E-state index in [1.165, 1.54) is 24.4 Å². The number of nitrogens with zero attached hydrogens (tertiary/aromatic N) is 2. The molecule has 4 rings (SSSR count). The van der Waals surface area contributed by atoms with Crippen molar-refractivity contribution in [1.82, 2.24) is 15.1 Å². The van der Waals surface area contributed by atoms with Gasteiger partial charge in [-0.05, 0) is 66.6 Å². The van der Waals surface area contributed by atoms with Gasteiger partial charge in [0.1, 0.15) is 18.1 Å². The Morgan fingerprint density at radius 1 is 0.729 bits per heavy atom. The Kier molecular flexibility index (Phi) is 12.0. The molecule has 2 aliphatic rings. The fourth-order valence-electron chi connectivity index (χ4n) is 6.29. The number of ether oxygens (including phenoxy) is 2. The molecular weight excluding hydrogens is 620 g/mol. The Bertz CT molecular complexity index is 1430. The van der Waals surface area contributed by atoms with Gasteiger partial charge in [0.25, 0.3) is 5.91 Å². The number of quaternary nitrogens is 1.